The number of carbonyl (C=O) groups is 1. The molecule has 18 heavy (non-hydrogen) atoms. The van der Waals surface area contributed by atoms with Crippen LogP contribution in [0.2, 0.25) is 0 Å². The van der Waals surface area contributed by atoms with Crippen molar-refractivity contribution in [1.82, 2.24) is 10.6 Å². The van der Waals surface area contributed by atoms with Crippen LogP contribution in [-0.2, 0) is 14.3 Å². The number of ether oxygens (including phenoxy) is 2. The highest BCUT2D eigenvalue weighted by Gasteiger charge is 2.34. The van der Waals surface area contributed by atoms with Gasteiger partial charge in [0.15, 0.2) is 0 Å². The van der Waals surface area contributed by atoms with Crippen LogP contribution in [0, 0.1) is 0 Å². The standard InChI is InChI=1S/C12H22N2O4/c1-11(7-13-8-11)18-6-10(15)14-9-12(16)2-4-17-5-3-12/h13,16H,2-9H2,1H3,(H,14,15). The summed E-state index contributed by atoms with van der Waals surface area (Å²) >= 11 is 0. The molecule has 2 aliphatic rings. The zero-order valence-electron chi connectivity index (χ0n) is 10.8. The topological polar surface area (TPSA) is 79.8 Å². The molecule has 0 aromatic rings. The van der Waals surface area contributed by atoms with Crippen molar-refractivity contribution in [3.63, 3.8) is 0 Å². The lowest BCUT2D eigenvalue weighted by molar-refractivity contribution is -0.138. The number of amides is 1. The van der Waals surface area contributed by atoms with Crippen LogP contribution >= 0.6 is 0 Å². The maximum absolute atomic E-state index is 11.6. The van der Waals surface area contributed by atoms with Gasteiger partial charge >= 0.3 is 0 Å². The SMILES string of the molecule is CC1(OCC(=O)NCC2(O)CCOCC2)CNC1. The first-order chi connectivity index (χ1) is 8.52. The Balaban J connectivity index is 1.64. The summed E-state index contributed by atoms with van der Waals surface area (Å²) in [5.41, 5.74) is -1.04. The van der Waals surface area contributed by atoms with Gasteiger partial charge in [-0.15, -0.1) is 0 Å². The van der Waals surface area contributed by atoms with Crippen molar-refractivity contribution in [2.75, 3.05) is 39.5 Å². The van der Waals surface area contributed by atoms with Gasteiger partial charge in [0.25, 0.3) is 0 Å². The molecule has 2 rings (SSSR count). The third-order valence-electron chi connectivity index (χ3n) is 3.59. The largest absolute Gasteiger partial charge is 0.388 e. The molecule has 0 radical (unpaired) electrons. The van der Waals surface area contributed by atoms with E-state index in [1.165, 1.54) is 0 Å². The highest BCUT2D eigenvalue weighted by atomic mass is 16.5. The molecule has 1 amide bonds. The fourth-order valence-corrected chi connectivity index (χ4v) is 2.06. The molecule has 0 aromatic heterocycles. The fraction of sp³-hybridized carbons (Fsp3) is 0.917. The van der Waals surface area contributed by atoms with Crippen LogP contribution in [0.1, 0.15) is 19.8 Å². The van der Waals surface area contributed by atoms with Crippen LogP contribution in [-0.4, -0.2) is 61.7 Å². The van der Waals surface area contributed by atoms with Crippen molar-refractivity contribution in [2.24, 2.45) is 0 Å². The maximum Gasteiger partial charge on any atom is 0.246 e. The monoisotopic (exact) mass is 258 g/mol. The van der Waals surface area contributed by atoms with Crippen LogP contribution in [0.15, 0.2) is 0 Å². The van der Waals surface area contributed by atoms with E-state index in [1.54, 1.807) is 0 Å². The second-order valence-corrected chi connectivity index (χ2v) is 5.46. The number of hydrogen-bond donors (Lipinski definition) is 3. The molecule has 2 fully saturated rings. The van der Waals surface area contributed by atoms with Crippen LogP contribution in [0.25, 0.3) is 0 Å². The van der Waals surface area contributed by atoms with Gasteiger partial charge in [-0.3, -0.25) is 4.79 Å². The second kappa shape index (κ2) is 5.52. The van der Waals surface area contributed by atoms with E-state index in [9.17, 15) is 9.90 Å². The molecule has 3 N–H and O–H groups in total. The van der Waals surface area contributed by atoms with Crippen molar-refractivity contribution >= 4 is 5.91 Å². The van der Waals surface area contributed by atoms with E-state index in [0.29, 0.717) is 26.1 Å². The van der Waals surface area contributed by atoms with Crippen molar-refractivity contribution in [2.45, 2.75) is 31.0 Å². The quantitative estimate of drug-likeness (QED) is 0.591. The van der Waals surface area contributed by atoms with Gasteiger partial charge in [-0.25, -0.2) is 0 Å². The van der Waals surface area contributed by atoms with Gasteiger partial charge in [-0.1, -0.05) is 0 Å². The minimum Gasteiger partial charge on any atom is -0.388 e. The third-order valence-corrected chi connectivity index (χ3v) is 3.59. The molecule has 0 bridgehead atoms. The third kappa shape index (κ3) is 3.65. The summed E-state index contributed by atoms with van der Waals surface area (Å²) in [5.74, 6) is -0.178. The van der Waals surface area contributed by atoms with Crippen LogP contribution in [0.5, 0.6) is 0 Å². The lowest BCUT2D eigenvalue weighted by Gasteiger charge is -2.39. The maximum atomic E-state index is 11.6. The summed E-state index contributed by atoms with van der Waals surface area (Å²) in [6, 6.07) is 0. The van der Waals surface area contributed by atoms with Crippen LogP contribution < -0.4 is 10.6 Å². The molecule has 104 valence electrons. The molecule has 2 heterocycles. The molecular weight excluding hydrogens is 236 g/mol. The molecule has 0 aromatic carbocycles. The number of rotatable bonds is 5. The molecule has 0 unspecified atom stereocenters. The van der Waals surface area contributed by atoms with Crippen LogP contribution in [0.3, 0.4) is 0 Å². The van der Waals surface area contributed by atoms with Crippen LogP contribution in [0.4, 0.5) is 0 Å². The lowest BCUT2D eigenvalue weighted by Crippen LogP contribution is -2.59. The summed E-state index contributed by atoms with van der Waals surface area (Å²) in [6.07, 6.45) is 1.13. The molecule has 0 saturated carbocycles. The smallest absolute Gasteiger partial charge is 0.246 e. The average Bonchev–Trinajstić information content (AvgIpc) is 2.32. The van der Waals surface area contributed by atoms with Gasteiger partial charge in [0.2, 0.25) is 5.91 Å². The first kappa shape index (κ1) is 13.7. The van der Waals surface area contributed by atoms with E-state index in [1.807, 2.05) is 6.92 Å². The molecule has 2 aliphatic heterocycles. The molecule has 6 heteroatoms. The summed E-state index contributed by atoms with van der Waals surface area (Å²) in [4.78, 5) is 11.6. The summed E-state index contributed by atoms with van der Waals surface area (Å²) in [5, 5.41) is 16.0. The predicted molar refractivity (Wildman–Crippen MR) is 65.2 cm³/mol. The van der Waals surface area contributed by atoms with E-state index in [2.05, 4.69) is 10.6 Å². The van der Waals surface area contributed by atoms with E-state index >= 15 is 0 Å². The Morgan fingerprint density at radius 3 is 2.67 bits per heavy atom. The molecule has 6 nitrogen and oxygen atoms in total. The first-order valence-electron chi connectivity index (χ1n) is 6.43. The van der Waals surface area contributed by atoms with Crippen molar-refractivity contribution in [3.05, 3.63) is 0 Å². The van der Waals surface area contributed by atoms with Crippen molar-refractivity contribution < 1.29 is 19.4 Å². The second-order valence-electron chi connectivity index (χ2n) is 5.46. The summed E-state index contributed by atoms with van der Waals surface area (Å²) in [7, 11) is 0. The minimum atomic E-state index is -0.824. The minimum absolute atomic E-state index is 0.0464. The Morgan fingerprint density at radius 2 is 2.11 bits per heavy atom. The van der Waals surface area contributed by atoms with Gasteiger partial charge < -0.3 is 25.2 Å². The van der Waals surface area contributed by atoms with E-state index in [0.717, 1.165) is 13.1 Å². The Hall–Kier alpha value is -0.690. The van der Waals surface area contributed by atoms with E-state index in [-0.39, 0.29) is 24.7 Å². The molecule has 2 saturated heterocycles. The normalized spacial score (nSPS) is 25.2. The highest BCUT2D eigenvalue weighted by molar-refractivity contribution is 5.77. The summed E-state index contributed by atoms with van der Waals surface area (Å²) in [6.45, 7) is 4.95. The van der Waals surface area contributed by atoms with Gasteiger partial charge in [0.1, 0.15) is 6.61 Å². The van der Waals surface area contributed by atoms with Crippen molar-refractivity contribution in [1.29, 1.82) is 0 Å². The Bertz CT molecular complexity index is 298. The average molecular weight is 258 g/mol. The molecule has 0 aliphatic carbocycles. The van der Waals surface area contributed by atoms with E-state index < -0.39 is 5.60 Å². The number of nitrogens with one attached hydrogen (secondary N) is 2. The zero-order valence-corrected chi connectivity index (χ0v) is 10.8. The van der Waals surface area contributed by atoms with Gasteiger partial charge in [0, 0.05) is 45.7 Å². The number of hydrogen-bond acceptors (Lipinski definition) is 5. The van der Waals surface area contributed by atoms with E-state index in [4.69, 9.17) is 9.47 Å². The fourth-order valence-electron chi connectivity index (χ4n) is 2.06. The Kier molecular flexibility index (Phi) is 4.21. The Labute approximate surface area is 107 Å². The molecule has 0 spiro atoms. The number of carbonyl (C=O) groups excluding carboxylic acids is 1. The first-order valence-corrected chi connectivity index (χ1v) is 6.43. The highest BCUT2D eigenvalue weighted by Crippen LogP contribution is 2.19. The zero-order chi connectivity index (χ0) is 13.1. The van der Waals surface area contributed by atoms with Gasteiger partial charge in [0.05, 0.1) is 11.2 Å². The predicted octanol–water partition coefficient (Wildman–Crippen LogP) is -0.977. The molecule has 0 atom stereocenters. The lowest BCUT2D eigenvalue weighted by atomic mass is 9.94. The number of aliphatic hydroxyl groups is 1. The Morgan fingerprint density at radius 1 is 1.44 bits per heavy atom. The molecular formula is C12H22N2O4. The van der Waals surface area contributed by atoms with Gasteiger partial charge in [-0.2, -0.15) is 0 Å². The summed E-state index contributed by atoms with van der Waals surface area (Å²) < 4.78 is 10.7. The van der Waals surface area contributed by atoms with Crippen molar-refractivity contribution in [3.8, 4) is 0 Å². The van der Waals surface area contributed by atoms with Gasteiger partial charge in [-0.05, 0) is 6.92 Å².